The number of hydrogen-bond acceptors (Lipinski definition) is 5. The van der Waals surface area contributed by atoms with Crippen molar-refractivity contribution >= 4 is 91.6 Å². The molecule has 6 nitrogen and oxygen atoms in total. The van der Waals surface area contributed by atoms with Crippen molar-refractivity contribution in [2.45, 2.75) is 6.61 Å². The Morgan fingerprint density at radius 2 is 1.72 bits per heavy atom. The zero-order valence-corrected chi connectivity index (χ0v) is 23.2. The molecule has 1 heterocycles. The van der Waals surface area contributed by atoms with Gasteiger partial charge in [0.1, 0.15) is 12.2 Å². The zero-order chi connectivity index (χ0) is 26.0. The average molecular weight is 627 g/mol. The number of ether oxygens (including phenoxy) is 2. The summed E-state index contributed by atoms with van der Waals surface area (Å²) in [4.78, 5) is 27.1. The maximum Gasteiger partial charge on any atom is 0.270 e. The largest absolute Gasteiger partial charge is 0.493 e. The number of benzene rings is 3. The Bertz CT molecular complexity index is 1410. The number of anilines is 1. The van der Waals surface area contributed by atoms with Gasteiger partial charge in [-0.3, -0.25) is 19.8 Å². The lowest BCUT2D eigenvalue weighted by Crippen LogP contribution is -2.54. The van der Waals surface area contributed by atoms with E-state index in [1.54, 1.807) is 36.4 Å². The van der Waals surface area contributed by atoms with Crippen LogP contribution in [0.5, 0.6) is 11.5 Å². The first-order valence-electron chi connectivity index (χ1n) is 10.3. The fourth-order valence-electron chi connectivity index (χ4n) is 3.40. The second kappa shape index (κ2) is 11.2. The van der Waals surface area contributed by atoms with Crippen LogP contribution < -0.4 is 19.7 Å². The van der Waals surface area contributed by atoms with Crippen LogP contribution in [0, 0.1) is 0 Å². The maximum atomic E-state index is 13.3. The van der Waals surface area contributed by atoms with E-state index in [0.717, 1.165) is 10.5 Å². The van der Waals surface area contributed by atoms with Gasteiger partial charge in [-0.05, 0) is 87.8 Å². The number of carbonyl (C=O) groups excluding carboxylic acids is 2. The molecule has 1 aliphatic heterocycles. The van der Waals surface area contributed by atoms with Crippen LogP contribution in [0.4, 0.5) is 5.69 Å². The van der Waals surface area contributed by atoms with Crippen LogP contribution in [0.2, 0.25) is 15.1 Å². The fraction of sp³-hybridized carbons (Fsp3) is 0.0800. The highest BCUT2D eigenvalue weighted by molar-refractivity contribution is 9.10. The molecule has 1 fully saturated rings. The Hall–Kier alpha value is -2.62. The van der Waals surface area contributed by atoms with Crippen LogP contribution in [0.1, 0.15) is 11.1 Å². The van der Waals surface area contributed by atoms with Gasteiger partial charge in [-0.25, -0.2) is 0 Å². The van der Waals surface area contributed by atoms with Gasteiger partial charge in [-0.15, -0.1) is 0 Å². The summed E-state index contributed by atoms with van der Waals surface area (Å²) in [5.74, 6) is -0.401. The van der Waals surface area contributed by atoms with Gasteiger partial charge in [0, 0.05) is 10.0 Å². The van der Waals surface area contributed by atoms with Gasteiger partial charge < -0.3 is 9.47 Å². The minimum atomic E-state index is -0.635. The number of nitrogens with one attached hydrogen (secondary N) is 1. The second-order valence-electron chi connectivity index (χ2n) is 7.50. The van der Waals surface area contributed by atoms with Crippen LogP contribution >= 0.6 is 63.0 Å². The SMILES string of the molecule is COc1cc(/C=C2\C(=O)NC(=S)N(c3ccc(Cl)cc3Cl)C2=O)cc(Br)c1OCc1ccc(Cl)cc1. The first kappa shape index (κ1) is 26.4. The molecule has 36 heavy (non-hydrogen) atoms. The molecule has 0 radical (unpaired) electrons. The Labute approximate surface area is 235 Å². The molecule has 0 aromatic heterocycles. The Morgan fingerprint density at radius 1 is 1.03 bits per heavy atom. The maximum absolute atomic E-state index is 13.3. The van der Waals surface area contributed by atoms with Crippen LogP contribution in [0.3, 0.4) is 0 Å². The van der Waals surface area contributed by atoms with Gasteiger partial charge in [0.15, 0.2) is 16.6 Å². The van der Waals surface area contributed by atoms with Crippen molar-refractivity contribution in [1.29, 1.82) is 0 Å². The number of thiocarbonyl (C=S) groups is 1. The highest BCUT2D eigenvalue weighted by Gasteiger charge is 2.35. The molecule has 184 valence electrons. The molecule has 3 aromatic rings. The number of methoxy groups -OCH3 is 1. The zero-order valence-electron chi connectivity index (χ0n) is 18.5. The molecule has 1 N–H and O–H groups in total. The van der Waals surface area contributed by atoms with Crippen molar-refractivity contribution in [2.24, 2.45) is 0 Å². The van der Waals surface area contributed by atoms with E-state index in [9.17, 15) is 9.59 Å². The lowest BCUT2D eigenvalue weighted by molar-refractivity contribution is -0.122. The molecular weight excluding hydrogens is 611 g/mol. The normalized spacial score (nSPS) is 14.8. The van der Waals surface area contributed by atoms with E-state index >= 15 is 0 Å². The summed E-state index contributed by atoms with van der Waals surface area (Å²) >= 11 is 26.9. The quantitative estimate of drug-likeness (QED) is 0.185. The first-order valence-corrected chi connectivity index (χ1v) is 12.6. The van der Waals surface area contributed by atoms with Crippen molar-refractivity contribution in [1.82, 2.24) is 5.32 Å². The summed E-state index contributed by atoms with van der Waals surface area (Å²) in [6, 6.07) is 15.2. The van der Waals surface area contributed by atoms with E-state index in [-0.39, 0.29) is 22.3 Å². The van der Waals surface area contributed by atoms with Gasteiger partial charge in [0.2, 0.25) is 0 Å². The van der Waals surface area contributed by atoms with Crippen LogP contribution in [0.25, 0.3) is 6.08 Å². The van der Waals surface area contributed by atoms with Gasteiger partial charge in [0.25, 0.3) is 11.8 Å². The first-order chi connectivity index (χ1) is 17.2. The predicted molar refractivity (Wildman–Crippen MR) is 149 cm³/mol. The second-order valence-corrected chi connectivity index (χ2v) is 10.0. The Morgan fingerprint density at radius 3 is 2.39 bits per heavy atom. The Balaban J connectivity index is 1.65. The third-order valence-electron chi connectivity index (χ3n) is 5.11. The third kappa shape index (κ3) is 5.68. The minimum absolute atomic E-state index is 0.0870. The summed E-state index contributed by atoms with van der Waals surface area (Å²) in [7, 11) is 1.50. The molecule has 2 amide bonds. The molecule has 1 saturated heterocycles. The molecule has 11 heteroatoms. The molecule has 0 bridgehead atoms. The molecular formula is C25H16BrCl3N2O4S. The topological polar surface area (TPSA) is 67.9 Å². The molecule has 0 atom stereocenters. The predicted octanol–water partition coefficient (Wildman–Crippen LogP) is 6.83. The van der Waals surface area contributed by atoms with E-state index in [4.69, 9.17) is 56.5 Å². The third-order valence-corrected chi connectivity index (χ3v) is 6.77. The standard InChI is InChI=1S/C25H16BrCl3N2O4S/c1-34-21-10-14(9-18(26)22(21)35-12-13-2-4-15(27)5-3-13)8-17-23(32)30-25(36)31(24(17)33)20-7-6-16(28)11-19(20)29/h2-11H,12H2,1H3,(H,30,32,36)/b17-8+. The van der Waals surface area contributed by atoms with E-state index in [1.807, 2.05) is 12.1 Å². The van der Waals surface area contributed by atoms with Crippen molar-refractivity contribution < 1.29 is 19.1 Å². The van der Waals surface area contributed by atoms with Crippen LogP contribution in [-0.2, 0) is 16.2 Å². The summed E-state index contributed by atoms with van der Waals surface area (Å²) in [5.41, 5.74) is 1.59. The molecule has 0 unspecified atom stereocenters. The monoisotopic (exact) mass is 624 g/mol. The molecule has 4 rings (SSSR count). The van der Waals surface area contributed by atoms with Crippen LogP contribution in [-0.4, -0.2) is 24.0 Å². The van der Waals surface area contributed by atoms with Crippen LogP contribution in [0.15, 0.2) is 64.6 Å². The summed E-state index contributed by atoms with van der Waals surface area (Å²) < 4.78 is 12.0. The van der Waals surface area contributed by atoms with Gasteiger partial charge in [-0.2, -0.15) is 0 Å². The van der Waals surface area contributed by atoms with E-state index in [1.165, 1.54) is 19.3 Å². The number of amides is 2. The highest BCUT2D eigenvalue weighted by Crippen LogP contribution is 2.38. The minimum Gasteiger partial charge on any atom is -0.493 e. The summed E-state index contributed by atoms with van der Waals surface area (Å²) in [6.07, 6.45) is 1.44. The van der Waals surface area contributed by atoms with Crippen molar-refractivity contribution in [3.05, 3.63) is 90.8 Å². The summed E-state index contributed by atoms with van der Waals surface area (Å²) in [6.45, 7) is 0.279. The number of hydrogen-bond donors (Lipinski definition) is 1. The number of nitrogens with zero attached hydrogens (tertiary/aromatic N) is 1. The van der Waals surface area contributed by atoms with Gasteiger partial charge in [-0.1, -0.05) is 46.9 Å². The highest BCUT2D eigenvalue weighted by atomic mass is 79.9. The Kier molecular flexibility index (Phi) is 8.22. The van der Waals surface area contributed by atoms with Crippen molar-refractivity contribution in [3.8, 4) is 11.5 Å². The molecule has 1 aliphatic rings. The lowest BCUT2D eigenvalue weighted by atomic mass is 10.1. The van der Waals surface area contributed by atoms with E-state index < -0.39 is 11.8 Å². The van der Waals surface area contributed by atoms with Gasteiger partial charge in [0.05, 0.1) is 22.3 Å². The smallest absolute Gasteiger partial charge is 0.270 e. The van der Waals surface area contributed by atoms with Crippen molar-refractivity contribution in [3.63, 3.8) is 0 Å². The average Bonchev–Trinajstić information content (AvgIpc) is 2.83. The number of rotatable bonds is 6. The molecule has 3 aromatic carbocycles. The lowest BCUT2D eigenvalue weighted by Gasteiger charge is -2.29. The molecule has 0 saturated carbocycles. The molecule has 0 spiro atoms. The molecule has 0 aliphatic carbocycles. The van der Waals surface area contributed by atoms with E-state index in [0.29, 0.717) is 37.3 Å². The van der Waals surface area contributed by atoms with Gasteiger partial charge >= 0.3 is 0 Å². The fourth-order valence-corrected chi connectivity index (χ4v) is 4.87. The van der Waals surface area contributed by atoms with Crippen molar-refractivity contribution in [2.75, 3.05) is 12.0 Å². The number of carbonyl (C=O) groups is 2. The summed E-state index contributed by atoms with van der Waals surface area (Å²) in [5, 5.41) is 3.68. The van der Waals surface area contributed by atoms with E-state index in [2.05, 4.69) is 21.2 Å². The number of halogens is 4.